The van der Waals surface area contributed by atoms with Gasteiger partial charge >= 0.3 is 5.97 Å². The van der Waals surface area contributed by atoms with E-state index < -0.39 is 16.8 Å². The van der Waals surface area contributed by atoms with Crippen molar-refractivity contribution in [3.8, 4) is 0 Å². The van der Waals surface area contributed by atoms with Crippen LogP contribution in [0.2, 0.25) is 0 Å². The first-order valence-electron chi connectivity index (χ1n) is 5.43. The fraction of sp³-hybridized carbons (Fsp3) is 0.455. The predicted molar refractivity (Wildman–Crippen MR) is 65.5 cm³/mol. The summed E-state index contributed by atoms with van der Waals surface area (Å²) in [5.74, 6) is -1.25. The van der Waals surface area contributed by atoms with Gasteiger partial charge in [-0.3, -0.25) is 14.9 Å². The van der Waals surface area contributed by atoms with Crippen LogP contribution in [0.3, 0.4) is 0 Å². The Morgan fingerprint density at radius 2 is 2.17 bits per heavy atom. The van der Waals surface area contributed by atoms with Gasteiger partial charge in [0.1, 0.15) is 5.82 Å². The predicted octanol–water partition coefficient (Wildman–Crippen LogP) is 1.82. The number of carbonyl (C=O) groups is 1. The van der Waals surface area contributed by atoms with Crippen molar-refractivity contribution in [1.82, 2.24) is 4.98 Å². The smallest absolute Gasteiger partial charge is 0.308 e. The van der Waals surface area contributed by atoms with Crippen molar-refractivity contribution in [2.24, 2.45) is 5.92 Å². The number of pyridine rings is 1. The van der Waals surface area contributed by atoms with Crippen LogP contribution in [0.15, 0.2) is 12.3 Å². The third-order valence-electron chi connectivity index (χ3n) is 2.79. The van der Waals surface area contributed by atoms with Crippen LogP contribution in [-0.2, 0) is 4.79 Å². The molecule has 2 unspecified atom stereocenters. The van der Waals surface area contributed by atoms with Gasteiger partial charge in [-0.05, 0) is 20.8 Å². The molecule has 1 aromatic rings. The number of rotatable bonds is 5. The van der Waals surface area contributed by atoms with E-state index in [1.54, 1.807) is 20.8 Å². The number of nitro groups is 1. The van der Waals surface area contributed by atoms with Crippen LogP contribution in [0.5, 0.6) is 0 Å². The number of aromatic nitrogens is 1. The van der Waals surface area contributed by atoms with Crippen molar-refractivity contribution in [2.75, 3.05) is 5.32 Å². The molecule has 0 aromatic carbocycles. The molecule has 0 aliphatic heterocycles. The van der Waals surface area contributed by atoms with Gasteiger partial charge in [0.25, 0.3) is 5.69 Å². The highest BCUT2D eigenvalue weighted by Gasteiger charge is 2.20. The Labute approximate surface area is 104 Å². The molecule has 1 heterocycles. The highest BCUT2D eigenvalue weighted by Crippen LogP contribution is 2.21. The monoisotopic (exact) mass is 253 g/mol. The summed E-state index contributed by atoms with van der Waals surface area (Å²) in [7, 11) is 0. The molecule has 0 aliphatic carbocycles. The normalized spacial score (nSPS) is 13.7. The summed E-state index contributed by atoms with van der Waals surface area (Å²) in [6.45, 7) is 4.84. The standard InChI is InChI=1S/C11H15N3O4/c1-6-5-12-10(4-9(6)14(17)18)13-8(3)7(2)11(15)16/h4-5,7-8H,1-3H3,(H,12,13)(H,15,16). The molecule has 1 rings (SSSR count). The lowest BCUT2D eigenvalue weighted by Crippen LogP contribution is -2.30. The lowest BCUT2D eigenvalue weighted by atomic mass is 10.0. The number of nitrogens with one attached hydrogen (secondary N) is 1. The average Bonchev–Trinajstić information content (AvgIpc) is 2.29. The topological polar surface area (TPSA) is 105 Å². The van der Waals surface area contributed by atoms with Crippen LogP contribution in [0.25, 0.3) is 0 Å². The van der Waals surface area contributed by atoms with Gasteiger partial charge in [0, 0.05) is 17.8 Å². The van der Waals surface area contributed by atoms with Crippen molar-refractivity contribution in [3.05, 3.63) is 27.9 Å². The second-order valence-electron chi connectivity index (χ2n) is 4.17. The van der Waals surface area contributed by atoms with Gasteiger partial charge < -0.3 is 10.4 Å². The molecule has 0 fully saturated rings. The zero-order valence-electron chi connectivity index (χ0n) is 10.4. The maximum atomic E-state index is 10.8. The molecule has 0 amide bonds. The summed E-state index contributed by atoms with van der Waals surface area (Å²) >= 11 is 0. The zero-order valence-corrected chi connectivity index (χ0v) is 10.4. The molecule has 0 radical (unpaired) electrons. The molecule has 0 saturated carbocycles. The summed E-state index contributed by atoms with van der Waals surface area (Å²) in [6, 6.07) is 0.928. The first-order valence-corrected chi connectivity index (χ1v) is 5.43. The van der Waals surface area contributed by atoms with Gasteiger partial charge in [-0.25, -0.2) is 4.98 Å². The first kappa shape index (κ1) is 13.9. The average molecular weight is 253 g/mol. The molecule has 18 heavy (non-hydrogen) atoms. The van der Waals surface area contributed by atoms with Gasteiger partial charge in [0.15, 0.2) is 0 Å². The largest absolute Gasteiger partial charge is 0.481 e. The Morgan fingerprint density at radius 1 is 1.56 bits per heavy atom. The SMILES string of the molecule is Cc1cnc(NC(C)C(C)C(=O)O)cc1[N+](=O)[O-]. The number of aliphatic carboxylic acids is 1. The number of hydrogen-bond donors (Lipinski definition) is 2. The molecule has 0 aliphatic rings. The maximum absolute atomic E-state index is 10.8. The zero-order chi connectivity index (χ0) is 13.9. The Balaban J connectivity index is 2.89. The summed E-state index contributed by atoms with van der Waals surface area (Å²) in [4.78, 5) is 25.1. The quantitative estimate of drug-likeness (QED) is 0.612. The van der Waals surface area contributed by atoms with Gasteiger partial charge in [-0.2, -0.15) is 0 Å². The lowest BCUT2D eigenvalue weighted by Gasteiger charge is -2.18. The Morgan fingerprint density at radius 3 is 2.67 bits per heavy atom. The van der Waals surface area contributed by atoms with Crippen molar-refractivity contribution in [1.29, 1.82) is 0 Å². The fourth-order valence-corrected chi connectivity index (χ4v) is 1.36. The number of hydrogen-bond acceptors (Lipinski definition) is 5. The van der Waals surface area contributed by atoms with Crippen molar-refractivity contribution >= 4 is 17.5 Å². The summed E-state index contributed by atoms with van der Waals surface area (Å²) < 4.78 is 0. The molecular weight excluding hydrogens is 238 g/mol. The van der Waals surface area contributed by atoms with Crippen LogP contribution >= 0.6 is 0 Å². The first-order chi connectivity index (χ1) is 8.32. The van der Waals surface area contributed by atoms with Crippen LogP contribution in [-0.4, -0.2) is 27.0 Å². The lowest BCUT2D eigenvalue weighted by molar-refractivity contribution is -0.385. The Kier molecular flexibility index (Phi) is 4.19. The van der Waals surface area contributed by atoms with Crippen molar-refractivity contribution in [2.45, 2.75) is 26.8 Å². The van der Waals surface area contributed by atoms with Gasteiger partial charge in [-0.15, -0.1) is 0 Å². The van der Waals surface area contributed by atoms with E-state index in [4.69, 9.17) is 5.11 Å². The Bertz CT molecular complexity index is 475. The third-order valence-corrected chi connectivity index (χ3v) is 2.79. The van der Waals surface area contributed by atoms with Crippen LogP contribution < -0.4 is 5.32 Å². The summed E-state index contributed by atoms with van der Waals surface area (Å²) in [5, 5.41) is 22.5. The third kappa shape index (κ3) is 3.16. The van der Waals surface area contributed by atoms with Crippen molar-refractivity contribution in [3.63, 3.8) is 0 Å². The molecule has 2 atom stereocenters. The van der Waals surface area contributed by atoms with Gasteiger partial charge in [0.05, 0.1) is 16.9 Å². The number of carboxylic acid groups (broad SMARTS) is 1. The van der Waals surface area contributed by atoms with E-state index in [0.29, 0.717) is 11.4 Å². The minimum atomic E-state index is -0.934. The molecule has 7 heteroatoms. The maximum Gasteiger partial charge on any atom is 0.308 e. The molecular formula is C11H15N3O4. The van der Waals surface area contributed by atoms with Crippen LogP contribution in [0.1, 0.15) is 19.4 Å². The van der Waals surface area contributed by atoms with E-state index >= 15 is 0 Å². The minimum absolute atomic E-state index is 0.0392. The Hall–Kier alpha value is -2.18. The van der Waals surface area contributed by atoms with E-state index in [9.17, 15) is 14.9 Å². The van der Waals surface area contributed by atoms with E-state index in [0.717, 1.165) is 0 Å². The fourth-order valence-electron chi connectivity index (χ4n) is 1.36. The highest BCUT2D eigenvalue weighted by molar-refractivity contribution is 5.71. The van der Waals surface area contributed by atoms with E-state index in [1.165, 1.54) is 12.3 Å². The second-order valence-corrected chi connectivity index (χ2v) is 4.17. The molecule has 0 spiro atoms. The van der Waals surface area contributed by atoms with E-state index in [2.05, 4.69) is 10.3 Å². The van der Waals surface area contributed by atoms with Crippen LogP contribution in [0.4, 0.5) is 11.5 Å². The highest BCUT2D eigenvalue weighted by atomic mass is 16.6. The van der Waals surface area contributed by atoms with Crippen LogP contribution in [0, 0.1) is 23.0 Å². The van der Waals surface area contributed by atoms with Crippen molar-refractivity contribution < 1.29 is 14.8 Å². The molecule has 1 aromatic heterocycles. The van der Waals surface area contributed by atoms with E-state index in [-0.39, 0.29) is 11.7 Å². The van der Waals surface area contributed by atoms with Gasteiger partial charge in [0.2, 0.25) is 0 Å². The molecule has 0 bridgehead atoms. The molecule has 7 nitrogen and oxygen atoms in total. The minimum Gasteiger partial charge on any atom is -0.481 e. The number of anilines is 1. The van der Waals surface area contributed by atoms with E-state index in [1.807, 2.05) is 0 Å². The second kappa shape index (κ2) is 5.44. The number of carboxylic acids is 1. The molecule has 2 N–H and O–H groups in total. The summed E-state index contributed by atoms with van der Waals surface area (Å²) in [6.07, 6.45) is 1.39. The number of nitrogens with zero attached hydrogens (tertiary/aromatic N) is 2. The number of aryl methyl sites for hydroxylation is 1. The molecule has 0 saturated heterocycles. The summed E-state index contributed by atoms with van der Waals surface area (Å²) in [5.41, 5.74) is 0.423. The molecule has 98 valence electrons. The van der Waals surface area contributed by atoms with Gasteiger partial charge in [-0.1, -0.05) is 0 Å².